The second-order valence-corrected chi connectivity index (χ2v) is 4.19. The first kappa shape index (κ1) is 14.2. The first-order valence-electron chi connectivity index (χ1n) is 5.89. The van der Waals surface area contributed by atoms with Crippen molar-refractivity contribution in [1.82, 2.24) is 4.98 Å². The van der Waals surface area contributed by atoms with Gasteiger partial charge in [-0.15, -0.1) is 0 Å². The zero-order chi connectivity index (χ0) is 14.6. The number of benzene rings is 1. The number of pyridine rings is 1. The molecule has 2 rings (SSSR count). The second kappa shape index (κ2) is 5.86. The van der Waals surface area contributed by atoms with Crippen molar-refractivity contribution in [3.8, 4) is 0 Å². The van der Waals surface area contributed by atoms with E-state index in [-0.39, 0.29) is 12.2 Å². The van der Waals surface area contributed by atoms with Crippen molar-refractivity contribution in [3.05, 3.63) is 71.3 Å². The standard InChI is InChI=1S/C15H11F4N/c16-13-6-4-11(5-7-13)2-1-3-14-10-12(8-9-20-14)15(17,18)19/h1-2,4-10H,3H2. The van der Waals surface area contributed by atoms with Crippen LogP contribution in [0.4, 0.5) is 17.6 Å². The summed E-state index contributed by atoms with van der Waals surface area (Å²) in [5.41, 5.74) is 0.397. The lowest BCUT2D eigenvalue weighted by atomic mass is 10.1. The molecular weight excluding hydrogens is 270 g/mol. The van der Waals surface area contributed by atoms with Gasteiger partial charge in [0.2, 0.25) is 0 Å². The molecule has 0 saturated carbocycles. The minimum Gasteiger partial charge on any atom is -0.261 e. The van der Waals surface area contributed by atoms with Crippen molar-refractivity contribution in [2.45, 2.75) is 12.6 Å². The number of halogens is 4. The molecule has 1 heterocycles. The Hall–Kier alpha value is -2.17. The molecule has 1 aromatic carbocycles. The van der Waals surface area contributed by atoms with Crippen LogP contribution in [-0.2, 0) is 12.6 Å². The summed E-state index contributed by atoms with van der Waals surface area (Å²) < 4.78 is 50.2. The molecule has 0 spiro atoms. The highest BCUT2D eigenvalue weighted by atomic mass is 19.4. The Morgan fingerprint density at radius 3 is 2.40 bits per heavy atom. The van der Waals surface area contributed by atoms with Gasteiger partial charge < -0.3 is 0 Å². The van der Waals surface area contributed by atoms with Gasteiger partial charge in [0.15, 0.2) is 0 Å². The number of rotatable bonds is 3. The van der Waals surface area contributed by atoms with Gasteiger partial charge in [-0.05, 0) is 29.8 Å². The van der Waals surface area contributed by atoms with Gasteiger partial charge in [0.05, 0.1) is 5.56 Å². The van der Waals surface area contributed by atoms with Crippen molar-refractivity contribution >= 4 is 6.08 Å². The highest BCUT2D eigenvalue weighted by molar-refractivity contribution is 5.49. The first-order valence-corrected chi connectivity index (χ1v) is 5.89. The molecule has 0 N–H and O–H groups in total. The summed E-state index contributed by atoms with van der Waals surface area (Å²) in [6.07, 6.45) is 0.459. The molecule has 2 aromatic rings. The molecule has 104 valence electrons. The molecule has 0 aliphatic rings. The van der Waals surface area contributed by atoms with E-state index in [1.807, 2.05) is 0 Å². The summed E-state index contributed by atoms with van der Waals surface area (Å²) in [5.74, 6) is -0.332. The molecule has 0 aliphatic carbocycles. The number of allylic oxidation sites excluding steroid dienone is 1. The van der Waals surface area contributed by atoms with Crippen LogP contribution >= 0.6 is 0 Å². The molecule has 0 atom stereocenters. The van der Waals surface area contributed by atoms with Gasteiger partial charge in [-0.2, -0.15) is 13.2 Å². The topological polar surface area (TPSA) is 12.9 Å². The van der Waals surface area contributed by atoms with Gasteiger partial charge in [0, 0.05) is 18.3 Å². The van der Waals surface area contributed by atoms with E-state index in [2.05, 4.69) is 4.98 Å². The maximum atomic E-state index is 12.7. The average Bonchev–Trinajstić information content (AvgIpc) is 2.40. The van der Waals surface area contributed by atoms with Gasteiger partial charge in [-0.25, -0.2) is 4.39 Å². The van der Waals surface area contributed by atoms with Gasteiger partial charge in [0.25, 0.3) is 0 Å². The SMILES string of the molecule is Fc1ccc(C=CCc2cc(C(F)(F)F)ccn2)cc1. The van der Waals surface area contributed by atoms with Crippen LogP contribution in [0, 0.1) is 5.82 Å². The number of hydrogen-bond donors (Lipinski definition) is 0. The third-order valence-electron chi connectivity index (χ3n) is 2.65. The maximum Gasteiger partial charge on any atom is 0.416 e. The zero-order valence-corrected chi connectivity index (χ0v) is 10.4. The molecule has 0 fully saturated rings. The number of alkyl halides is 3. The van der Waals surface area contributed by atoms with Crippen LogP contribution in [0.5, 0.6) is 0 Å². The van der Waals surface area contributed by atoms with E-state index in [1.54, 1.807) is 24.3 Å². The lowest BCUT2D eigenvalue weighted by Gasteiger charge is -2.06. The molecule has 5 heteroatoms. The summed E-state index contributed by atoms with van der Waals surface area (Å²) in [5, 5.41) is 0. The van der Waals surface area contributed by atoms with E-state index < -0.39 is 11.7 Å². The summed E-state index contributed by atoms with van der Waals surface area (Å²) in [6, 6.07) is 7.78. The Morgan fingerprint density at radius 1 is 1.05 bits per heavy atom. The Kier molecular flexibility index (Phi) is 4.17. The minimum atomic E-state index is -4.36. The smallest absolute Gasteiger partial charge is 0.261 e. The van der Waals surface area contributed by atoms with Gasteiger partial charge in [-0.1, -0.05) is 24.3 Å². The third-order valence-corrected chi connectivity index (χ3v) is 2.65. The molecular formula is C15H11F4N. The molecule has 0 saturated heterocycles. The fourth-order valence-electron chi connectivity index (χ4n) is 1.66. The van der Waals surface area contributed by atoms with Gasteiger partial charge in [0.1, 0.15) is 5.82 Å². The van der Waals surface area contributed by atoms with E-state index in [4.69, 9.17) is 0 Å². The van der Waals surface area contributed by atoms with Crippen LogP contribution in [0.1, 0.15) is 16.8 Å². The van der Waals surface area contributed by atoms with Crippen molar-refractivity contribution < 1.29 is 17.6 Å². The lowest BCUT2D eigenvalue weighted by Crippen LogP contribution is -2.05. The van der Waals surface area contributed by atoms with Crippen molar-refractivity contribution in [2.24, 2.45) is 0 Å². The highest BCUT2D eigenvalue weighted by Crippen LogP contribution is 2.29. The molecule has 0 unspecified atom stereocenters. The van der Waals surface area contributed by atoms with E-state index in [1.165, 1.54) is 12.1 Å². The van der Waals surface area contributed by atoms with Gasteiger partial charge in [-0.3, -0.25) is 4.98 Å². The third kappa shape index (κ3) is 3.91. The number of hydrogen-bond acceptors (Lipinski definition) is 1. The Balaban J connectivity index is 2.05. The normalized spacial score (nSPS) is 12.0. The number of aromatic nitrogens is 1. The van der Waals surface area contributed by atoms with Crippen LogP contribution in [0.15, 0.2) is 48.7 Å². The van der Waals surface area contributed by atoms with E-state index >= 15 is 0 Å². The van der Waals surface area contributed by atoms with Crippen LogP contribution in [0.25, 0.3) is 6.08 Å². The predicted octanol–water partition coefficient (Wildman–Crippen LogP) is 4.50. The van der Waals surface area contributed by atoms with Crippen LogP contribution in [-0.4, -0.2) is 4.98 Å². The summed E-state index contributed by atoms with van der Waals surface area (Å²) in [7, 11) is 0. The molecule has 1 aromatic heterocycles. The largest absolute Gasteiger partial charge is 0.416 e. The fraction of sp³-hybridized carbons (Fsp3) is 0.133. The number of nitrogens with zero attached hydrogens (tertiary/aromatic N) is 1. The van der Waals surface area contributed by atoms with E-state index in [0.29, 0.717) is 5.69 Å². The molecule has 0 aliphatic heterocycles. The Morgan fingerprint density at radius 2 is 1.75 bits per heavy atom. The molecule has 1 nitrogen and oxygen atoms in total. The first-order chi connectivity index (χ1) is 9.45. The highest BCUT2D eigenvalue weighted by Gasteiger charge is 2.30. The minimum absolute atomic E-state index is 0.279. The van der Waals surface area contributed by atoms with Crippen molar-refractivity contribution in [3.63, 3.8) is 0 Å². The molecule has 0 amide bonds. The quantitative estimate of drug-likeness (QED) is 0.755. The van der Waals surface area contributed by atoms with E-state index in [0.717, 1.165) is 23.9 Å². The van der Waals surface area contributed by atoms with Crippen LogP contribution in [0.2, 0.25) is 0 Å². The Bertz CT molecular complexity index is 600. The molecule has 0 bridgehead atoms. The maximum absolute atomic E-state index is 12.7. The predicted molar refractivity (Wildman–Crippen MR) is 68.4 cm³/mol. The monoisotopic (exact) mass is 281 g/mol. The summed E-state index contributed by atoms with van der Waals surface area (Å²) in [6.45, 7) is 0. The molecule has 0 radical (unpaired) electrons. The van der Waals surface area contributed by atoms with Crippen LogP contribution < -0.4 is 0 Å². The Labute approximate surface area is 113 Å². The molecule has 20 heavy (non-hydrogen) atoms. The van der Waals surface area contributed by atoms with Gasteiger partial charge >= 0.3 is 6.18 Å². The summed E-state index contributed by atoms with van der Waals surface area (Å²) >= 11 is 0. The lowest BCUT2D eigenvalue weighted by molar-refractivity contribution is -0.137. The van der Waals surface area contributed by atoms with Crippen molar-refractivity contribution in [2.75, 3.05) is 0 Å². The summed E-state index contributed by atoms with van der Waals surface area (Å²) in [4.78, 5) is 3.89. The fourth-order valence-corrected chi connectivity index (χ4v) is 1.66. The average molecular weight is 281 g/mol. The zero-order valence-electron chi connectivity index (χ0n) is 10.4. The second-order valence-electron chi connectivity index (χ2n) is 4.19. The van der Waals surface area contributed by atoms with Crippen molar-refractivity contribution in [1.29, 1.82) is 0 Å². The van der Waals surface area contributed by atoms with Crippen LogP contribution in [0.3, 0.4) is 0 Å². The van der Waals surface area contributed by atoms with E-state index in [9.17, 15) is 17.6 Å².